The first kappa shape index (κ1) is 20.7. The van der Waals surface area contributed by atoms with Crippen molar-refractivity contribution in [1.82, 2.24) is 20.2 Å². The van der Waals surface area contributed by atoms with Crippen LogP contribution >= 0.6 is 11.8 Å². The van der Waals surface area contributed by atoms with Crippen LogP contribution < -0.4 is 10.2 Å². The van der Waals surface area contributed by atoms with Crippen molar-refractivity contribution in [2.45, 2.75) is 6.92 Å². The molecule has 2 aromatic carbocycles. The number of nitrogens with one attached hydrogen (secondary N) is 1. The second-order valence-corrected chi connectivity index (χ2v) is 9.13. The fraction of sp³-hybridized carbons (Fsp3) is 0.250. The lowest BCUT2D eigenvalue weighted by Crippen LogP contribution is -2.44. The average molecular weight is 446 g/mol. The quantitative estimate of drug-likeness (QED) is 0.616. The second kappa shape index (κ2) is 8.37. The molecule has 8 heteroatoms. The number of benzene rings is 2. The number of amides is 2. The fourth-order valence-corrected chi connectivity index (χ4v) is 4.79. The second-order valence-electron chi connectivity index (χ2n) is 8.12. The summed E-state index contributed by atoms with van der Waals surface area (Å²) in [4.78, 5) is 37.5. The average Bonchev–Trinajstić information content (AvgIpc) is 3.10. The number of fused-ring (bicyclic) bond motifs is 1. The van der Waals surface area contributed by atoms with Gasteiger partial charge in [0.05, 0.1) is 10.4 Å². The van der Waals surface area contributed by atoms with Crippen molar-refractivity contribution >= 4 is 45.6 Å². The van der Waals surface area contributed by atoms with Crippen molar-refractivity contribution in [3.63, 3.8) is 0 Å². The Kier molecular flexibility index (Phi) is 5.40. The van der Waals surface area contributed by atoms with E-state index in [4.69, 9.17) is 4.98 Å². The molecule has 1 N–H and O–H groups in total. The van der Waals surface area contributed by atoms with Gasteiger partial charge in [-0.3, -0.25) is 14.9 Å². The van der Waals surface area contributed by atoms with E-state index in [9.17, 15) is 9.59 Å². The Morgan fingerprint density at radius 2 is 1.91 bits per heavy atom. The number of anilines is 1. The van der Waals surface area contributed by atoms with Crippen LogP contribution in [-0.4, -0.2) is 59.2 Å². The van der Waals surface area contributed by atoms with Crippen molar-refractivity contribution < 1.29 is 9.59 Å². The molecule has 0 spiro atoms. The number of nitrogens with zero attached hydrogens (tertiary/aromatic N) is 4. The van der Waals surface area contributed by atoms with E-state index in [0.29, 0.717) is 10.7 Å². The Morgan fingerprint density at radius 1 is 1.09 bits per heavy atom. The molecule has 0 unspecified atom stereocenters. The number of carbonyl (C=O) groups is 2. The summed E-state index contributed by atoms with van der Waals surface area (Å²) < 4.78 is 0. The minimum atomic E-state index is -0.410. The molecule has 2 saturated heterocycles. The summed E-state index contributed by atoms with van der Waals surface area (Å²) in [5.74, 6) is -0.00446. The molecule has 0 saturated carbocycles. The van der Waals surface area contributed by atoms with Gasteiger partial charge in [0.15, 0.2) is 5.82 Å². The zero-order valence-corrected chi connectivity index (χ0v) is 18.8. The monoisotopic (exact) mass is 445 g/mol. The molecule has 2 aliphatic heterocycles. The highest BCUT2D eigenvalue weighted by atomic mass is 32.2. The van der Waals surface area contributed by atoms with Crippen molar-refractivity contribution in [1.29, 1.82) is 0 Å². The third kappa shape index (κ3) is 3.99. The lowest BCUT2D eigenvalue weighted by atomic mass is 9.99. The Labute approximate surface area is 190 Å². The van der Waals surface area contributed by atoms with Crippen LogP contribution in [0, 0.1) is 6.92 Å². The molecule has 3 aromatic rings. The first-order valence-electron chi connectivity index (χ1n) is 10.5. The topological polar surface area (TPSA) is 78.4 Å². The number of carbonyl (C=O) groups excluding carboxylic acids is 2. The van der Waals surface area contributed by atoms with Crippen LogP contribution in [0.5, 0.6) is 0 Å². The molecule has 0 radical (unpaired) electrons. The van der Waals surface area contributed by atoms with Crippen molar-refractivity contribution in [3.8, 4) is 11.1 Å². The Bertz CT molecular complexity index is 1260. The largest absolute Gasteiger partial charge is 0.369 e. The third-order valence-corrected chi connectivity index (χ3v) is 6.69. The van der Waals surface area contributed by atoms with E-state index in [0.717, 1.165) is 60.0 Å². The molecular weight excluding hydrogens is 422 g/mol. The molecule has 0 bridgehead atoms. The van der Waals surface area contributed by atoms with Gasteiger partial charge in [0.25, 0.3) is 11.1 Å². The molecule has 5 rings (SSSR count). The molecule has 0 atom stereocenters. The van der Waals surface area contributed by atoms with Crippen LogP contribution in [0.15, 0.2) is 47.5 Å². The van der Waals surface area contributed by atoms with Crippen molar-refractivity contribution in [3.05, 3.63) is 58.9 Å². The van der Waals surface area contributed by atoms with E-state index < -0.39 is 5.91 Å². The van der Waals surface area contributed by atoms with Crippen LogP contribution in [0.4, 0.5) is 10.5 Å². The van der Waals surface area contributed by atoms with Gasteiger partial charge in [0.1, 0.15) is 0 Å². The lowest BCUT2D eigenvalue weighted by Gasteiger charge is -2.35. The first-order chi connectivity index (χ1) is 15.5. The van der Waals surface area contributed by atoms with E-state index >= 15 is 0 Å². The standard InChI is InChI=1S/C24H23N5O2S/c1-15-12-16(6-7-19(15)29-10-8-28(2)9-11-29)18-5-3-4-17-14-25-21(26-22(17)18)13-20-23(30)27-24(31)32-20/h3-7,12-14H,8-11H2,1-2H3,(H,27,30,31). The minimum Gasteiger partial charge on any atom is -0.369 e. The number of hydrogen-bond acceptors (Lipinski definition) is 7. The van der Waals surface area contributed by atoms with Crippen molar-refractivity contribution in [2.75, 3.05) is 38.1 Å². The van der Waals surface area contributed by atoms with Gasteiger partial charge in [-0.25, -0.2) is 9.97 Å². The summed E-state index contributed by atoms with van der Waals surface area (Å²) in [5, 5.41) is 2.80. The van der Waals surface area contributed by atoms with E-state index in [1.165, 1.54) is 11.3 Å². The smallest absolute Gasteiger partial charge is 0.290 e. The number of aryl methyl sites for hydroxylation is 1. The summed E-state index contributed by atoms with van der Waals surface area (Å²) in [6.45, 7) is 6.36. The van der Waals surface area contributed by atoms with Crippen LogP contribution in [0.1, 0.15) is 11.4 Å². The molecule has 7 nitrogen and oxygen atoms in total. The summed E-state index contributed by atoms with van der Waals surface area (Å²) in [7, 11) is 2.16. The Morgan fingerprint density at radius 3 is 2.62 bits per heavy atom. The molecule has 0 aliphatic carbocycles. The number of aromatic nitrogens is 2. The normalized spacial score (nSPS) is 18.6. The number of hydrogen-bond donors (Lipinski definition) is 1. The van der Waals surface area contributed by atoms with Gasteiger partial charge in [0, 0.05) is 55.1 Å². The number of likely N-dealkylation sites (N-methyl/N-ethyl adjacent to an activating group) is 1. The molecule has 2 fully saturated rings. The molecule has 32 heavy (non-hydrogen) atoms. The first-order valence-corrected chi connectivity index (χ1v) is 11.3. The number of piperazine rings is 1. The van der Waals surface area contributed by atoms with Gasteiger partial charge in [-0.15, -0.1) is 0 Å². The predicted octanol–water partition coefficient (Wildman–Crippen LogP) is 3.68. The Balaban J connectivity index is 1.51. The van der Waals surface area contributed by atoms with Gasteiger partial charge in [-0.05, 0) is 49.0 Å². The number of rotatable bonds is 3. The molecule has 2 amide bonds. The van der Waals surface area contributed by atoms with Crippen molar-refractivity contribution in [2.24, 2.45) is 0 Å². The number of para-hydroxylation sites is 1. The van der Waals surface area contributed by atoms with Gasteiger partial charge >= 0.3 is 0 Å². The van der Waals surface area contributed by atoms with Gasteiger partial charge in [0.2, 0.25) is 0 Å². The third-order valence-electron chi connectivity index (χ3n) is 5.88. The van der Waals surface area contributed by atoms with E-state index in [1.807, 2.05) is 12.1 Å². The maximum absolute atomic E-state index is 11.9. The molecule has 2 aliphatic rings. The highest BCUT2D eigenvalue weighted by Crippen LogP contribution is 2.32. The number of imide groups is 1. The maximum Gasteiger partial charge on any atom is 0.290 e. The molecule has 3 heterocycles. The summed E-state index contributed by atoms with van der Waals surface area (Å²) in [5.41, 5.74) is 5.42. The van der Waals surface area contributed by atoms with Crippen LogP contribution in [0.2, 0.25) is 0 Å². The molecule has 1 aromatic heterocycles. The zero-order chi connectivity index (χ0) is 22.2. The van der Waals surface area contributed by atoms with Crippen LogP contribution in [0.25, 0.3) is 28.1 Å². The summed E-state index contributed by atoms with van der Waals surface area (Å²) >= 11 is 0.866. The molecule has 162 valence electrons. The minimum absolute atomic E-state index is 0.305. The summed E-state index contributed by atoms with van der Waals surface area (Å²) in [6, 6.07) is 12.6. The van der Waals surface area contributed by atoms with Crippen LogP contribution in [0.3, 0.4) is 0 Å². The van der Waals surface area contributed by atoms with E-state index in [2.05, 4.69) is 58.3 Å². The van der Waals surface area contributed by atoms with Gasteiger partial charge in [-0.2, -0.15) is 0 Å². The van der Waals surface area contributed by atoms with Gasteiger partial charge < -0.3 is 9.80 Å². The highest BCUT2D eigenvalue weighted by Gasteiger charge is 2.25. The maximum atomic E-state index is 11.9. The van der Waals surface area contributed by atoms with E-state index in [1.54, 1.807) is 12.3 Å². The van der Waals surface area contributed by atoms with E-state index in [-0.39, 0.29) is 5.24 Å². The van der Waals surface area contributed by atoms with Crippen LogP contribution in [-0.2, 0) is 4.79 Å². The Hall–Kier alpha value is -3.23. The summed E-state index contributed by atoms with van der Waals surface area (Å²) in [6.07, 6.45) is 3.31. The fourth-order valence-electron chi connectivity index (χ4n) is 4.14. The predicted molar refractivity (Wildman–Crippen MR) is 129 cm³/mol. The number of thioether (sulfide) groups is 1. The van der Waals surface area contributed by atoms with Gasteiger partial charge in [-0.1, -0.05) is 24.3 Å². The zero-order valence-electron chi connectivity index (χ0n) is 18.0. The SMILES string of the molecule is Cc1cc(-c2cccc3cnc(C=C4SC(=O)NC4=O)nc23)ccc1N1CCN(C)CC1. The highest BCUT2D eigenvalue weighted by molar-refractivity contribution is 8.18. The lowest BCUT2D eigenvalue weighted by molar-refractivity contribution is -0.115. The molecular formula is C24H23N5O2S.